The van der Waals surface area contributed by atoms with E-state index in [0.717, 1.165) is 19.4 Å². The molecule has 0 aromatic carbocycles. The maximum Gasteiger partial charge on any atom is 0.311 e. The summed E-state index contributed by atoms with van der Waals surface area (Å²) in [7, 11) is 0. The highest BCUT2D eigenvalue weighted by Crippen LogP contribution is 2.34. The van der Waals surface area contributed by atoms with Gasteiger partial charge in [0.1, 0.15) is 0 Å². The molecule has 19 heavy (non-hydrogen) atoms. The molecule has 2 aliphatic rings. The van der Waals surface area contributed by atoms with Crippen LogP contribution >= 0.6 is 0 Å². The maximum absolute atomic E-state index is 12.4. The highest BCUT2D eigenvalue weighted by Gasteiger charge is 2.45. The lowest BCUT2D eigenvalue weighted by molar-refractivity contribution is -0.148. The van der Waals surface area contributed by atoms with E-state index in [1.807, 2.05) is 6.92 Å². The molecule has 0 aromatic rings. The van der Waals surface area contributed by atoms with Crippen LogP contribution in [0.3, 0.4) is 0 Å². The minimum atomic E-state index is -0.768. The average Bonchev–Trinajstić information content (AvgIpc) is 2.83. The smallest absolute Gasteiger partial charge is 0.311 e. The first kappa shape index (κ1) is 14.3. The Morgan fingerprint density at radius 3 is 2.74 bits per heavy atom. The van der Waals surface area contributed by atoms with Crippen LogP contribution in [0.5, 0.6) is 0 Å². The lowest BCUT2D eigenvalue weighted by atomic mass is 9.84. The molecule has 108 valence electrons. The summed E-state index contributed by atoms with van der Waals surface area (Å²) in [5, 5.41) is 12.6. The van der Waals surface area contributed by atoms with Crippen molar-refractivity contribution in [2.24, 2.45) is 11.3 Å². The number of nitrogens with one attached hydrogen (secondary N) is 1. The molecule has 3 atom stereocenters. The Labute approximate surface area is 114 Å². The number of carboxylic acids is 1. The van der Waals surface area contributed by atoms with Crippen LogP contribution < -0.4 is 5.32 Å². The Morgan fingerprint density at radius 1 is 1.47 bits per heavy atom. The van der Waals surface area contributed by atoms with Crippen LogP contribution in [-0.2, 0) is 9.59 Å². The van der Waals surface area contributed by atoms with Gasteiger partial charge in [0.05, 0.1) is 11.5 Å². The molecule has 0 radical (unpaired) electrons. The maximum atomic E-state index is 12.4. The number of nitrogens with zero attached hydrogens (tertiary/aromatic N) is 1. The molecule has 2 rings (SSSR count). The van der Waals surface area contributed by atoms with Gasteiger partial charge in [0, 0.05) is 13.1 Å². The van der Waals surface area contributed by atoms with Gasteiger partial charge in [-0.05, 0) is 38.1 Å². The van der Waals surface area contributed by atoms with Crippen LogP contribution in [0.25, 0.3) is 0 Å². The van der Waals surface area contributed by atoms with Gasteiger partial charge in [-0.15, -0.1) is 0 Å². The van der Waals surface area contributed by atoms with E-state index >= 15 is 0 Å². The van der Waals surface area contributed by atoms with Crippen LogP contribution in [0.1, 0.15) is 39.5 Å². The summed E-state index contributed by atoms with van der Waals surface area (Å²) in [5.74, 6) is -0.119. The van der Waals surface area contributed by atoms with E-state index in [-0.39, 0.29) is 11.9 Å². The van der Waals surface area contributed by atoms with Crippen LogP contribution in [-0.4, -0.2) is 47.6 Å². The van der Waals surface area contributed by atoms with Crippen LogP contribution in [0, 0.1) is 11.3 Å². The second-order valence-corrected chi connectivity index (χ2v) is 6.09. The number of amides is 1. The van der Waals surface area contributed by atoms with E-state index in [1.54, 1.807) is 4.90 Å². The van der Waals surface area contributed by atoms with Crippen LogP contribution in [0.15, 0.2) is 0 Å². The number of piperidine rings is 1. The minimum absolute atomic E-state index is 0.0862. The molecule has 0 bridgehead atoms. The molecular formula is C14H24N2O3. The third-order valence-electron chi connectivity index (χ3n) is 4.76. The molecule has 0 aromatic heterocycles. The summed E-state index contributed by atoms with van der Waals surface area (Å²) in [6, 6.07) is -0.120. The minimum Gasteiger partial charge on any atom is -0.481 e. The van der Waals surface area contributed by atoms with Gasteiger partial charge in [0.2, 0.25) is 5.91 Å². The van der Waals surface area contributed by atoms with E-state index < -0.39 is 11.4 Å². The Morgan fingerprint density at radius 2 is 2.21 bits per heavy atom. The van der Waals surface area contributed by atoms with Gasteiger partial charge in [-0.25, -0.2) is 0 Å². The number of likely N-dealkylation sites (tertiary alicyclic amines) is 1. The predicted molar refractivity (Wildman–Crippen MR) is 71.7 cm³/mol. The van der Waals surface area contributed by atoms with Crippen molar-refractivity contribution in [3.05, 3.63) is 0 Å². The lowest BCUT2D eigenvalue weighted by Gasteiger charge is -2.31. The summed E-state index contributed by atoms with van der Waals surface area (Å²) in [6.07, 6.45) is 3.13. The highest BCUT2D eigenvalue weighted by atomic mass is 16.4. The first-order chi connectivity index (χ1) is 8.98. The molecule has 3 unspecified atom stereocenters. The number of aliphatic carboxylic acids is 1. The quantitative estimate of drug-likeness (QED) is 0.804. The predicted octanol–water partition coefficient (Wildman–Crippen LogP) is 1.09. The molecular weight excluding hydrogens is 244 g/mol. The third kappa shape index (κ3) is 2.76. The van der Waals surface area contributed by atoms with Gasteiger partial charge in [-0.3, -0.25) is 9.59 Å². The van der Waals surface area contributed by atoms with Gasteiger partial charge in [-0.2, -0.15) is 0 Å². The zero-order valence-electron chi connectivity index (χ0n) is 11.8. The van der Waals surface area contributed by atoms with Crippen molar-refractivity contribution in [1.29, 1.82) is 0 Å². The molecule has 0 saturated carbocycles. The topological polar surface area (TPSA) is 69.6 Å². The molecule has 2 aliphatic heterocycles. The van der Waals surface area contributed by atoms with Gasteiger partial charge in [-0.1, -0.05) is 13.8 Å². The van der Waals surface area contributed by atoms with E-state index in [1.165, 1.54) is 0 Å². The van der Waals surface area contributed by atoms with Crippen molar-refractivity contribution in [2.45, 2.75) is 45.6 Å². The summed E-state index contributed by atoms with van der Waals surface area (Å²) >= 11 is 0. The van der Waals surface area contributed by atoms with Gasteiger partial charge < -0.3 is 15.3 Å². The van der Waals surface area contributed by atoms with Crippen molar-refractivity contribution >= 4 is 11.9 Å². The van der Waals surface area contributed by atoms with Crippen molar-refractivity contribution < 1.29 is 14.7 Å². The third-order valence-corrected chi connectivity index (χ3v) is 4.76. The lowest BCUT2D eigenvalue weighted by Crippen LogP contribution is -2.50. The van der Waals surface area contributed by atoms with Crippen molar-refractivity contribution in [3.63, 3.8) is 0 Å². The largest absolute Gasteiger partial charge is 0.481 e. The summed E-state index contributed by atoms with van der Waals surface area (Å²) in [5.41, 5.74) is -0.726. The molecule has 1 amide bonds. The van der Waals surface area contributed by atoms with Crippen LogP contribution in [0.4, 0.5) is 0 Å². The Kier molecular flexibility index (Phi) is 4.13. The number of carboxylic acid groups (broad SMARTS) is 1. The second-order valence-electron chi connectivity index (χ2n) is 6.09. The van der Waals surface area contributed by atoms with Gasteiger partial charge in [0.25, 0.3) is 0 Å². The van der Waals surface area contributed by atoms with E-state index in [2.05, 4.69) is 12.2 Å². The number of rotatable bonds is 3. The standard InChI is InChI=1S/C14H24N2O3/c1-3-14(13(18)19)5-7-16(9-14)12(17)11-8-10(2)4-6-15-11/h10-11,15H,3-9H2,1-2H3,(H,18,19). The first-order valence-electron chi connectivity index (χ1n) is 7.24. The average molecular weight is 268 g/mol. The normalized spacial score (nSPS) is 35.4. The zero-order chi connectivity index (χ0) is 14.0. The Balaban J connectivity index is 2.00. The first-order valence-corrected chi connectivity index (χ1v) is 7.24. The monoisotopic (exact) mass is 268 g/mol. The molecule has 0 spiro atoms. The number of hydrogen-bond acceptors (Lipinski definition) is 3. The molecule has 5 nitrogen and oxygen atoms in total. The number of carbonyl (C=O) groups is 2. The molecule has 0 aliphatic carbocycles. The fraction of sp³-hybridized carbons (Fsp3) is 0.857. The summed E-state index contributed by atoms with van der Waals surface area (Å²) < 4.78 is 0. The van der Waals surface area contributed by atoms with E-state index in [0.29, 0.717) is 31.8 Å². The van der Waals surface area contributed by atoms with Gasteiger partial charge in [0.15, 0.2) is 0 Å². The Hall–Kier alpha value is -1.10. The van der Waals surface area contributed by atoms with Crippen molar-refractivity contribution in [1.82, 2.24) is 10.2 Å². The molecule has 2 fully saturated rings. The fourth-order valence-electron chi connectivity index (χ4n) is 3.19. The second kappa shape index (κ2) is 5.49. The zero-order valence-corrected chi connectivity index (χ0v) is 11.8. The SMILES string of the molecule is CCC1(C(=O)O)CCN(C(=O)C2CC(C)CCN2)C1. The molecule has 2 N–H and O–H groups in total. The summed E-state index contributed by atoms with van der Waals surface area (Å²) in [4.78, 5) is 25.6. The van der Waals surface area contributed by atoms with E-state index in [9.17, 15) is 14.7 Å². The molecule has 2 saturated heterocycles. The van der Waals surface area contributed by atoms with E-state index in [4.69, 9.17) is 0 Å². The van der Waals surface area contributed by atoms with Crippen LogP contribution in [0.2, 0.25) is 0 Å². The highest BCUT2D eigenvalue weighted by molar-refractivity contribution is 5.84. The molecule has 2 heterocycles. The fourth-order valence-corrected chi connectivity index (χ4v) is 3.19. The number of carbonyl (C=O) groups excluding carboxylic acids is 1. The van der Waals surface area contributed by atoms with Gasteiger partial charge >= 0.3 is 5.97 Å². The Bertz CT molecular complexity index is 372. The summed E-state index contributed by atoms with van der Waals surface area (Å²) in [6.45, 7) is 5.88. The number of hydrogen-bond donors (Lipinski definition) is 2. The van der Waals surface area contributed by atoms with Crippen molar-refractivity contribution in [2.75, 3.05) is 19.6 Å². The molecule has 5 heteroatoms. The van der Waals surface area contributed by atoms with Crippen molar-refractivity contribution in [3.8, 4) is 0 Å².